The lowest BCUT2D eigenvalue weighted by molar-refractivity contribution is 0.0691. The van der Waals surface area contributed by atoms with E-state index in [0.29, 0.717) is 6.54 Å². The molecule has 2 fully saturated rings. The summed E-state index contributed by atoms with van der Waals surface area (Å²) in [4.78, 5) is 17.7. The van der Waals surface area contributed by atoms with Gasteiger partial charge in [-0.3, -0.25) is 14.6 Å². The standard InChI is InChI=1S/C21H32N2O/c1-16-13-18(3)20(14-17(16)2)21(24)15-22-9-11-23(12-10-22)19-7-5-4-6-8-19/h13-14,19H,4-12,15H2,1-3H3. The minimum Gasteiger partial charge on any atom is -0.298 e. The van der Waals surface area contributed by atoms with Crippen LogP contribution in [0.25, 0.3) is 0 Å². The quantitative estimate of drug-likeness (QED) is 0.787. The van der Waals surface area contributed by atoms with Gasteiger partial charge >= 0.3 is 0 Å². The average Bonchev–Trinajstić information content (AvgIpc) is 2.59. The Bertz CT molecular complexity index is 582. The average molecular weight is 329 g/mol. The summed E-state index contributed by atoms with van der Waals surface area (Å²) >= 11 is 0. The second kappa shape index (κ2) is 7.79. The van der Waals surface area contributed by atoms with Crippen molar-refractivity contribution in [2.45, 2.75) is 58.9 Å². The third kappa shape index (κ3) is 4.07. The molecule has 1 saturated heterocycles. The van der Waals surface area contributed by atoms with Gasteiger partial charge in [-0.1, -0.05) is 25.3 Å². The summed E-state index contributed by atoms with van der Waals surface area (Å²) in [5.41, 5.74) is 4.51. The zero-order valence-corrected chi connectivity index (χ0v) is 15.6. The number of carbonyl (C=O) groups is 1. The Hall–Kier alpha value is -1.19. The van der Waals surface area contributed by atoms with E-state index in [0.717, 1.165) is 43.3 Å². The Labute approximate surface area is 147 Å². The van der Waals surface area contributed by atoms with Crippen LogP contribution in [0, 0.1) is 20.8 Å². The van der Waals surface area contributed by atoms with Crippen LogP contribution in [0.1, 0.15) is 59.2 Å². The number of nitrogens with zero attached hydrogens (tertiary/aromatic N) is 2. The van der Waals surface area contributed by atoms with Crippen LogP contribution >= 0.6 is 0 Å². The number of hydrogen-bond donors (Lipinski definition) is 0. The van der Waals surface area contributed by atoms with E-state index >= 15 is 0 Å². The highest BCUT2D eigenvalue weighted by Crippen LogP contribution is 2.23. The van der Waals surface area contributed by atoms with Crippen LogP contribution in [-0.4, -0.2) is 54.3 Å². The van der Waals surface area contributed by atoms with Crippen LogP contribution in [0.3, 0.4) is 0 Å². The fraction of sp³-hybridized carbons (Fsp3) is 0.667. The van der Waals surface area contributed by atoms with Crippen LogP contribution in [0.15, 0.2) is 12.1 Å². The highest BCUT2D eigenvalue weighted by molar-refractivity contribution is 5.99. The number of benzene rings is 1. The van der Waals surface area contributed by atoms with Gasteiger partial charge in [0.15, 0.2) is 5.78 Å². The zero-order chi connectivity index (χ0) is 17.1. The fourth-order valence-electron chi connectivity index (χ4n) is 4.28. The summed E-state index contributed by atoms with van der Waals surface area (Å²) in [6.45, 7) is 11.2. The Morgan fingerprint density at radius 3 is 2.21 bits per heavy atom. The number of rotatable bonds is 4. The van der Waals surface area contributed by atoms with Crippen molar-refractivity contribution in [1.82, 2.24) is 9.80 Å². The molecule has 0 spiro atoms. The van der Waals surface area contributed by atoms with Gasteiger partial charge in [-0.25, -0.2) is 0 Å². The van der Waals surface area contributed by atoms with E-state index in [4.69, 9.17) is 0 Å². The molecule has 3 heteroatoms. The lowest BCUT2D eigenvalue weighted by Crippen LogP contribution is -2.51. The third-order valence-electron chi connectivity index (χ3n) is 6.01. The third-order valence-corrected chi connectivity index (χ3v) is 6.01. The maximum Gasteiger partial charge on any atom is 0.177 e. The lowest BCUT2D eigenvalue weighted by Gasteiger charge is -2.40. The van der Waals surface area contributed by atoms with Crippen molar-refractivity contribution < 1.29 is 4.79 Å². The summed E-state index contributed by atoms with van der Waals surface area (Å²) in [5, 5.41) is 0. The molecule has 1 saturated carbocycles. The molecule has 0 atom stereocenters. The molecule has 0 radical (unpaired) electrons. The molecule has 1 aliphatic carbocycles. The Morgan fingerprint density at radius 1 is 0.917 bits per heavy atom. The van der Waals surface area contributed by atoms with E-state index in [9.17, 15) is 4.79 Å². The predicted octanol–water partition coefficient (Wildman–Crippen LogP) is 3.74. The number of hydrogen-bond acceptors (Lipinski definition) is 3. The van der Waals surface area contributed by atoms with Gasteiger partial charge in [0, 0.05) is 37.8 Å². The molecule has 1 heterocycles. The molecule has 0 unspecified atom stereocenters. The Kier molecular flexibility index (Phi) is 5.72. The summed E-state index contributed by atoms with van der Waals surface area (Å²) in [6.07, 6.45) is 6.96. The van der Waals surface area contributed by atoms with Gasteiger partial charge in [0.25, 0.3) is 0 Å². The number of piperazine rings is 1. The normalized spacial score (nSPS) is 21.1. The van der Waals surface area contributed by atoms with Gasteiger partial charge in [0.1, 0.15) is 0 Å². The molecule has 1 aromatic carbocycles. The SMILES string of the molecule is Cc1cc(C)c(C(=O)CN2CCN(C3CCCCC3)CC2)cc1C. The summed E-state index contributed by atoms with van der Waals surface area (Å²) < 4.78 is 0. The lowest BCUT2D eigenvalue weighted by atomic mass is 9.93. The first-order chi connectivity index (χ1) is 11.5. The molecule has 3 nitrogen and oxygen atoms in total. The second-order valence-electron chi connectivity index (χ2n) is 7.78. The van der Waals surface area contributed by atoms with Crippen LogP contribution in [0.4, 0.5) is 0 Å². The van der Waals surface area contributed by atoms with Crippen molar-refractivity contribution in [1.29, 1.82) is 0 Å². The molecule has 1 aromatic rings. The van der Waals surface area contributed by atoms with E-state index in [1.807, 2.05) is 0 Å². The van der Waals surface area contributed by atoms with E-state index in [1.54, 1.807) is 0 Å². The minimum absolute atomic E-state index is 0.279. The van der Waals surface area contributed by atoms with Gasteiger partial charge in [0.05, 0.1) is 6.54 Å². The topological polar surface area (TPSA) is 23.6 Å². The van der Waals surface area contributed by atoms with Gasteiger partial charge in [-0.05, 0) is 56.4 Å². The molecule has 3 rings (SSSR count). The minimum atomic E-state index is 0.279. The molecular formula is C21H32N2O. The van der Waals surface area contributed by atoms with E-state index in [1.165, 1.54) is 43.2 Å². The predicted molar refractivity (Wildman–Crippen MR) is 99.9 cm³/mol. The van der Waals surface area contributed by atoms with Crippen molar-refractivity contribution in [3.05, 3.63) is 34.4 Å². The van der Waals surface area contributed by atoms with E-state index in [2.05, 4.69) is 42.7 Å². The first-order valence-electron chi connectivity index (χ1n) is 9.62. The van der Waals surface area contributed by atoms with Gasteiger partial charge in [-0.2, -0.15) is 0 Å². The largest absolute Gasteiger partial charge is 0.298 e. The number of Topliss-reactive ketones (excluding diaryl/α,β-unsaturated/α-hetero) is 1. The highest BCUT2D eigenvalue weighted by atomic mass is 16.1. The maximum atomic E-state index is 12.7. The number of carbonyl (C=O) groups excluding carboxylic acids is 1. The molecule has 1 aliphatic heterocycles. The van der Waals surface area contributed by atoms with Crippen LogP contribution in [0.2, 0.25) is 0 Å². The molecular weight excluding hydrogens is 296 g/mol. The van der Waals surface area contributed by atoms with Crippen molar-refractivity contribution in [2.75, 3.05) is 32.7 Å². The van der Waals surface area contributed by atoms with Crippen LogP contribution in [0.5, 0.6) is 0 Å². The number of aryl methyl sites for hydroxylation is 3. The highest BCUT2D eigenvalue weighted by Gasteiger charge is 2.26. The zero-order valence-electron chi connectivity index (χ0n) is 15.6. The van der Waals surface area contributed by atoms with Crippen molar-refractivity contribution >= 4 is 5.78 Å². The van der Waals surface area contributed by atoms with Crippen molar-refractivity contribution in [2.24, 2.45) is 0 Å². The van der Waals surface area contributed by atoms with E-state index in [-0.39, 0.29) is 5.78 Å². The molecule has 132 valence electrons. The summed E-state index contributed by atoms with van der Waals surface area (Å²) in [7, 11) is 0. The maximum absolute atomic E-state index is 12.7. The molecule has 2 aliphatic rings. The molecule has 0 amide bonds. The van der Waals surface area contributed by atoms with Crippen LogP contribution < -0.4 is 0 Å². The monoisotopic (exact) mass is 328 g/mol. The molecule has 0 aromatic heterocycles. The molecule has 0 N–H and O–H groups in total. The van der Waals surface area contributed by atoms with E-state index < -0.39 is 0 Å². The van der Waals surface area contributed by atoms with Crippen LogP contribution in [-0.2, 0) is 0 Å². The smallest absolute Gasteiger partial charge is 0.177 e. The number of ketones is 1. The first kappa shape index (κ1) is 17.6. The Balaban J connectivity index is 1.54. The molecule has 0 bridgehead atoms. The van der Waals surface area contributed by atoms with Gasteiger partial charge in [-0.15, -0.1) is 0 Å². The second-order valence-corrected chi connectivity index (χ2v) is 7.78. The van der Waals surface area contributed by atoms with Gasteiger partial charge < -0.3 is 0 Å². The summed E-state index contributed by atoms with van der Waals surface area (Å²) in [6, 6.07) is 5.02. The van der Waals surface area contributed by atoms with Crippen molar-refractivity contribution in [3.8, 4) is 0 Å². The molecule has 24 heavy (non-hydrogen) atoms. The van der Waals surface area contributed by atoms with Crippen molar-refractivity contribution in [3.63, 3.8) is 0 Å². The van der Waals surface area contributed by atoms with Gasteiger partial charge in [0.2, 0.25) is 0 Å². The summed E-state index contributed by atoms with van der Waals surface area (Å²) in [5.74, 6) is 0.279. The fourth-order valence-corrected chi connectivity index (χ4v) is 4.28. The Morgan fingerprint density at radius 2 is 1.54 bits per heavy atom. The first-order valence-corrected chi connectivity index (χ1v) is 9.62.